The number of nitrogens with one attached hydrogen (secondary N) is 1. The van der Waals surface area contributed by atoms with Crippen molar-refractivity contribution in [2.75, 3.05) is 37.6 Å². The average Bonchev–Trinajstić information content (AvgIpc) is 3.56. The number of H-pyrrole nitrogens is 1. The van der Waals surface area contributed by atoms with Crippen LogP contribution in [0.25, 0.3) is 11.0 Å². The maximum atomic E-state index is 14.3. The van der Waals surface area contributed by atoms with Gasteiger partial charge in [-0.3, -0.25) is 9.69 Å². The molecule has 0 bridgehead atoms. The van der Waals surface area contributed by atoms with Gasteiger partial charge in [0.05, 0.1) is 28.3 Å². The first-order valence-corrected chi connectivity index (χ1v) is 14.4. The highest BCUT2D eigenvalue weighted by Gasteiger charge is 2.40. The zero-order valence-electron chi connectivity index (χ0n) is 22.1. The summed E-state index contributed by atoms with van der Waals surface area (Å²) in [6.45, 7) is 2.66. The van der Waals surface area contributed by atoms with Gasteiger partial charge in [0.25, 0.3) is 0 Å². The van der Waals surface area contributed by atoms with Crippen molar-refractivity contribution >= 4 is 34.4 Å². The Morgan fingerprint density at radius 3 is 2.49 bits per heavy atom. The van der Waals surface area contributed by atoms with E-state index in [9.17, 15) is 22.4 Å². The molecule has 3 heterocycles. The molecule has 2 atom stereocenters. The first-order chi connectivity index (χ1) is 19.7. The fourth-order valence-electron chi connectivity index (χ4n) is 5.69. The first-order valence-electron chi connectivity index (χ1n) is 13.5. The minimum absolute atomic E-state index is 0.0232. The molecule has 41 heavy (non-hydrogen) atoms. The number of benzene rings is 3. The molecule has 11 heteroatoms. The van der Waals surface area contributed by atoms with Gasteiger partial charge < -0.3 is 14.8 Å². The number of alkyl halides is 3. The summed E-state index contributed by atoms with van der Waals surface area (Å²) in [5, 5.41) is 0.775. The maximum Gasteiger partial charge on any atom is 0.416 e. The van der Waals surface area contributed by atoms with Crippen molar-refractivity contribution in [2.45, 2.75) is 35.6 Å². The van der Waals surface area contributed by atoms with Gasteiger partial charge in [0.15, 0.2) is 5.16 Å². The van der Waals surface area contributed by atoms with Crippen molar-refractivity contribution in [1.82, 2.24) is 19.8 Å². The molecular formula is C30H29F4N5OS. The van der Waals surface area contributed by atoms with E-state index in [0.29, 0.717) is 50.4 Å². The van der Waals surface area contributed by atoms with Crippen molar-refractivity contribution in [1.29, 1.82) is 0 Å². The van der Waals surface area contributed by atoms with Crippen LogP contribution < -0.4 is 4.90 Å². The van der Waals surface area contributed by atoms with Crippen molar-refractivity contribution in [3.05, 3.63) is 89.7 Å². The van der Waals surface area contributed by atoms with E-state index in [1.807, 2.05) is 34.1 Å². The summed E-state index contributed by atoms with van der Waals surface area (Å²) in [5.74, 6) is -0.335. The van der Waals surface area contributed by atoms with Gasteiger partial charge in [-0.1, -0.05) is 54.2 Å². The van der Waals surface area contributed by atoms with Crippen LogP contribution in [0.5, 0.6) is 0 Å². The summed E-state index contributed by atoms with van der Waals surface area (Å²) in [7, 11) is 0. The highest BCUT2D eigenvalue weighted by Crippen LogP contribution is 2.35. The second kappa shape index (κ2) is 11.4. The summed E-state index contributed by atoms with van der Waals surface area (Å²) in [6.07, 6.45) is -3.89. The van der Waals surface area contributed by atoms with Crippen LogP contribution in [0.15, 0.2) is 78.0 Å². The number of para-hydroxylation sites is 3. The molecule has 2 aliphatic rings. The summed E-state index contributed by atoms with van der Waals surface area (Å²) in [5.41, 5.74) is 2.11. The molecule has 6 nitrogen and oxygen atoms in total. The number of hydrogen-bond acceptors (Lipinski definition) is 5. The molecule has 0 radical (unpaired) electrons. The molecule has 1 amide bonds. The number of piperazine rings is 1. The normalized spacial score (nSPS) is 20.2. The first kappa shape index (κ1) is 27.6. The monoisotopic (exact) mass is 583 g/mol. The van der Waals surface area contributed by atoms with E-state index in [4.69, 9.17) is 0 Å². The molecule has 1 aromatic heterocycles. The number of rotatable bonds is 6. The van der Waals surface area contributed by atoms with Crippen LogP contribution >= 0.6 is 11.8 Å². The number of anilines is 1. The smallest absolute Gasteiger partial charge is 0.366 e. The Balaban J connectivity index is 1.19. The van der Waals surface area contributed by atoms with Crippen LogP contribution in [-0.4, -0.2) is 69.7 Å². The molecule has 214 valence electrons. The lowest BCUT2D eigenvalue weighted by Crippen LogP contribution is -2.53. The number of nitrogens with zero attached hydrogens (tertiary/aromatic N) is 4. The van der Waals surface area contributed by atoms with Crippen LogP contribution in [0.2, 0.25) is 0 Å². The lowest BCUT2D eigenvalue weighted by Gasteiger charge is -2.38. The van der Waals surface area contributed by atoms with Crippen molar-refractivity contribution in [3.8, 4) is 0 Å². The van der Waals surface area contributed by atoms with Crippen LogP contribution in [0.1, 0.15) is 17.5 Å². The van der Waals surface area contributed by atoms with Gasteiger partial charge in [-0.2, -0.15) is 13.2 Å². The van der Waals surface area contributed by atoms with Gasteiger partial charge in [-0.25, -0.2) is 9.37 Å². The highest BCUT2D eigenvalue weighted by atomic mass is 32.2. The number of imidazole rings is 1. The molecule has 0 saturated carbocycles. The Morgan fingerprint density at radius 1 is 0.976 bits per heavy atom. The average molecular weight is 584 g/mol. The zero-order valence-corrected chi connectivity index (χ0v) is 23.0. The molecule has 0 aliphatic carbocycles. The lowest BCUT2D eigenvalue weighted by molar-refractivity contribution is -0.138. The minimum atomic E-state index is -4.44. The Labute approximate surface area is 239 Å². The number of carbonyl (C=O) groups is 1. The van der Waals surface area contributed by atoms with Crippen LogP contribution in [0.3, 0.4) is 0 Å². The third kappa shape index (κ3) is 6.06. The summed E-state index contributed by atoms with van der Waals surface area (Å²) >= 11 is 1.56. The number of halogens is 4. The van der Waals surface area contributed by atoms with E-state index >= 15 is 0 Å². The number of hydrogen-bond donors (Lipinski definition) is 1. The molecule has 4 aromatic rings. The molecular weight excluding hydrogens is 554 g/mol. The highest BCUT2D eigenvalue weighted by molar-refractivity contribution is 7.99. The molecule has 0 spiro atoms. The number of fused-ring (bicyclic) bond motifs is 1. The maximum absolute atomic E-state index is 14.3. The second-order valence-corrected chi connectivity index (χ2v) is 11.7. The molecule has 2 aliphatic heterocycles. The predicted molar refractivity (Wildman–Crippen MR) is 151 cm³/mol. The Bertz CT molecular complexity index is 1500. The van der Waals surface area contributed by atoms with E-state index in [-0.39, 0.29) is 23.5 Å². The number of aromatic amines is 1. The molecule has 3 aromatic carbocycles. The van der Waals surface area contributed by atoms with Crippen LogP contribution in [-0.2, 0) is 17.5 Å². The Morgan fingerprint density at radius 2 is 1.73 bits per heavy atom. The van der Waals surface area contributed by atoms with Gasteiger partial charge in [0.1, 0.15) is 5.82 Å². The molecule has 0 unspecified atom stereocenters. The summed E-state index contributed by atoms with van der Waals surface area (Å²) in [6, 6.07) is 19.2. The summed E-state index contributed by atoms with van der Waals surface area (Å²) in [4.78, 5) is 27.6. The number of likely N-dealkylation sites (tertiary alicyclic amines) is 1. The van der Waals surface area contributed by atoms with E-state index in [1.54, 1.807) is 40.9 Å². The Hall–Kier alpha value is -3.57. The van der Waals surface area contributed by atoms with Crippen molar-refractivity contribution in [3.63, 3.8) is 0 Å². The largest absolute Gasteiger partial charge is 0.416 e. The molecule has 1 N–H and O–H groups in total. The standard InChI is InChI=1S/C30H29F4N5OS/c31-23-8-1-4-11-26(23)37-12-14-38(15-13-37)28(40)27-17-22(41-29-35-24-9-2-3-10-25(24)36-29)19-39(27)18-20-6-5-7-21(16-20)30(32,33)34/h1-11,16,22,27H,12-15,17-19H2,(H,35,36)/t22-,27+/m1/s1. The third-order valence-electron chi connectivity index (χ3n) is 7.72. The molecule has 2 saturated heterocycles. The number of carbonyl (C=O) groups excluding carboxylic acids is 1. The fourth-order valence-corrected chi connectivity index (χ4v) is 6.87. The van der Waals surface area contributed by atoms with Gasteiger partial charge in [-0.15, -0.1) is 0 Å². The second-order valence-electron chi connectivity index (χ2n) is 10.4. The van der Waals surface area contributed by atoms with E-state index in [1.165, 1.54) is 12.1 Å². The van der Waals surface area contributed by atoms with Crippen LogP contribution in [0.4, 0.5) is 23.2 Å². The molecule has 2 fully saturated rings. The quantitative estimate of drug-likeness (QED) is 0.291. The van der Waals surface area contributed by atoms with Gasteiger partial charge in [0.2, 0.25) is 5.91 Å². The van der Waals surface area contributed by atoms with E-state index < -0.39 is 17.8 Å². The van der Waals surface area contributed by atoms with Gasteiger partial charge in [0, 0.05) is 44.5 Å². The van der Waals surface area contributed by atoms with Crippen molar-refractivity contribution in [2.24, 2.45) is 0 Å². The molecule has 6 rings (SSSR count). The Kier molecular flexibility index (Phi) is 7.65. The topological polar surface area (TPSA) is 55.5 Å². The van der Waals surface area contributed by atoms with Crippen LogP contribution in [0, 0.1) is 5.82 Å². The SMILES string of the molecule is O=C([C@@H]1C[C@@H](Sc2nc3ccccc3[nH]2)CN1Cc1cccc(C(F)(F)F)c1)N1CCN(c2ccccc2F)CC1. The lowest BCUT2D eigenvalue weighted by atomic mass is 10.1. The van der Waals surface area contributed by atoms with Gasteiger partial charge in [-0.05, 0) is 42.3 Å². The number of amides is 1. The number of thioether (sulfide) groups is 1. The zero-order chi connectivity index (χ0) is 28.6. The minimum Gasteiger partial charge on any atom is -0.366 e. The fraction of sp³-hybridized carbons (Fsp3) is 0.333. The van der Waals surface area contributed by atoms with E-state index in [2.05, 4.69) is 9.97 Å². The van der Waals surface area contributed by atoms with Crippen molar-refractivity contribution < 1.29 is 22.4 Å². The van der Waals surface area contributed by atoms with E-state index in [0.717, 1.165) is 28.3 Å². The summed E-state index contributed by atoms with van der Waals surface area (Å²) < 4.78 is 54.5. The number of aromatic nitrogens is 2. The predicted octanol–water partition coefficient (Wildman–Crippen LogP) is 5.80. The van der Waals surface area contributed by atoms with Gasteiger partial charge >= 0.3 is 6.18 Å². The third-order valence-corrected chi connectivity index (χ3v) is 8.81.